The maximum absolute atomic E-state index is 12.9. The van der Waals surface area contributed by atoms with E-state index in [1.807, 2.05) is 12.1 Å². The zero-order chi connectivity index (χ0) is 19.8. The minimum atomic E-state index is -0.307. The second kappa shape index (κ2) is 9.32. The summed E-state index contributed by atoms with van der Waals surface area (Å²) in [6, 6.07) is 20.2. The summed E-state index contributed by atoms with van der Waals surface area (Å²) in [5.41, 5.74) is 4.66. The van der Waals surface area contributed by atoms with Crippen LogP contribution in [-0.4, -0.2) is 19.2 Å². The second-order valence-electron chi connectivity index (χ2n) is 5.91. The number of ether oxygens (including phenoxy) is 2. The van der Waals surface area contributed by atoms with Gasteiger partial charge in [0.05, 0.1) is 13.3 Å². The summed E-state index contributed by atoms with van der Waals surface area (Å²) >= 11 is 0. The van der Waals surface area contributed by atoms with Crippen molar-refractivity contribution >= 4 is 12.1 Å². The van der Waals surface area contributed by atoms with Gasteiger partial charge in [-0.25, -0.2) is 9.82 Å². The Balaban J connectivity index is 1.50. The number of nitrogens with zero attached hydrogens (tertiary/aromatic N) is 1. The van der Waals surface area contributed by atoms with Crippen molar-refractivity contribution in [2.24, 2.45) is 5.10 Å². The molecule has 3 aromatic rings. The topological polar surface area (TPSA) is 59.9 Å². The Morgan fingerprint density at radius 2 is 1.61 bits per heavy atom. The molecular weight excluding hydrogens is 359 g/mol. The summed E-state index contributed by atoms with van der Waals surface area (Å²) < 4.78 is 23.6. The van der Waals surface area contributed by atoms with Gasteiger partial charge in [0.2, 0.25) is 0 Å². The molecule has 0 aliphatic rings. The summed E-state index contributed by atoms with van der Waals surface area (Å²) in [5.74, 6) is 0.787. The van der Waals surface area contributed by atoms with Gasteiger partial charge in [-0.2, -0.15) is 5.10 Å². The van der Waals surface area contributed by atoms with E-state index in [1.165, 1.54) is 12.1 Å². The fraction of sp³-hybridized carbons (Fsp3) is 0.0909. The first-order chi connectivity index (χ1) is 13.6. The third kappa shape index (κ3) is 5.41. The maximum atomic E-state index is 12.9. The van der Waals surface area contributed by atoms with E-state index in [-0.39, 0.29) is 11.7 Å². The van der Waals surface area contributed by atoms with Gasteiger partial charge in [-0.15, -0.1) is 0 Å². The van der Waals surface area contributed by atoms with Crippen molar-refractivity contribution in [2.45, 2.75) is 6.61 Å². The second-order valence-corrected chi connectivity index (χ2v) is 5.91. The number of hydrogen-bond donors (Lipinski definition) is 1. The molecule has 0 bridgehead atoms. The molecule has 0 saturated heterocycles. The number of benzene rings is 3. The van der Waals surface area contributed by atoms with E-state index >= 15 is 0 Å². The quantitative estimate of drug-likeness (QED) is 0.496. The van der Waals surface area contributed by atoms with E-state index in [9.17, 15) is 9.18 Å². The molecule has 1 N–H and O–H groups in total. The third-order valence-electron chi connectivity index (χ3n) is 3.93. The highest BCUT2D eigenvalue weighted by molar-refractivity contribution is 5.95. The fourth-order valence-electron chi connectivity index (χ4n) is 2.37. The van der Waals surface area contributed by atoms with Crippen LogP contribution in [0.2, 0.25) is 0 Å². The number of amides is 1. The van der Waals surface area contributed by atoms with Gasteiger partial charge in [0.1, 0.15) is 23.9 Å². The van der Waals surface area contributed by atoms with Crippen LogP contribution in [0.15, 0.2) is 77.9 Å². The fourth-order valence-corrected chi connectivity index (χ4v) is 2.37. The highest BCUT2D eigenvalue weighted by atomic mass is 19.1. The molecule has 5 nitrogen and oxygen atoms in total. The monoisotopic (exact) mass is 378 g/mol. The molecule has 0 saturated carbocycles. The van der Waals surface area contributed by atoms with E-state index in [1.54, 1.807) is 61.9 Å². The molecule has 3 rings (SSSR count). The van der Waals surface area contributed by atoms with Crippen LogP contribution in [0.4, 0.5) is 4.39 Å². The van der Waals surface area contributed by atoms with Crippen molar-refractivity contribution in [3.05, 3.63) is 95.3 Å². The Kier molecular flexibility index (Phi) is 6.36. The van der Waals surface area contributed by atoms with Gasteiger partial charge in [0.15, 0.2) is 0 Å². The van der Waals surface area contributed by atoms with Crippen LogP contribution in [-0.2, 0) is 6.61 Å². The number of rotatable bonds is 7. The molecule has 3 aromatic carbocycles. The zero-order valence-electron chi connectivity index (χ0n) is 15.3. The van der Waals surface area contributed by atoms with Crippen LogP contribution < -0.4 is 14.9 Å². The number of hydrogen-bond acceptors (Lipinski definition) is 4. The van der Waals surface area contributed by atoms with Gasteiger partial charge in [0.25, 0.3) is 5.91 Å². The van der Waals surface area contributed by atoms with Gasteiger partial charge in [0, 0.05) is 5.56 Å². The van der Waals surface area contributed by atoms with Gasteiger partial charge < -0.3 is 9.47 Å². The maximum Gasteiger partial charge on any atom is 0.271 e. The molecule has 0 aliphatic carbocycles. The molecule has 1 amide bonds. The van der Waals surface area contributed by atoms with E-state index in [0.29, 0.717) is 23.7 Å². The number of carbonyl (C=O) groups excluding carboxylic acids is 1. The van der Waals surface area contributed by atoms with Gasteiger partial charge >= 0.3 is 0 Å². The molecule has 0 unspecified atom stereocenters. The average molecular weight is 378 g/mol. The Bertz CT molecular complexity index is 937. The lowest BCUT2D eigenvalue weighted by atomic mass is 10.2. The predicted molar refractivity (Wildman–Crippen MR) is 105 cm³/mol. The lowest BCUT2D eigenvalue weighted by molar-refractivity contribution is 0.0955. The van der Waals surface area contributed by atoms with Crippen molar-refractivity contribution < 1.29 is 18.7 Å². The summed E-state index contributed by atoms with van der Waals surface area (Å²) in [6.45, 7) is 0.353. The number of nitrogens with one attached hydrogen (secondary N) is 1. The Morgan fingerprint density at radius 3 is 2.25 bits per heavy atom. The smallest absolute Gasteiger partial charge is 0.271 e. The molecule has 142 valence electrons. The van der Waals surface area contributed by atoms with Crippen molar-refractivity contribution in [3.8, 4) is 11.5 Å². The Hall–Kier alpha value is -3.67. The van der Waals surface area contributed by atoms with E-state index < -0.39 is 0 Å². The Morgan fingerprint density at radius 1 is 0.964 bits per heavy atom. The van der Waals surface area contributed by atoms with Gasteiger partial charge in [-0.1, -0.05) is 12.1 Å². The minimum absolute atomic E-state index is 0.272. The lowest BCUT2D eigenvalue weighted by Crippen LogP contribution is -2.17. The molecule has 0 radical (unpaired) electrons. The molecular formula is C22H19FN2O3. The predicted octanol–water partition coefficient (Wildman–Crippen LogP) is 4.18. The number of methoxy groups -OCH3 is 1. The molecule has 6 heteroatoms. The number of halogens is 1. The zero-order valence-corrected chi connectivity index (χ0v) is 15.3. The van der Waals surface area contributed by atoms with Crippen molar-refractivity contribution in [1.29, 1.82) is 0 Å². The van der Waals surface area contributed by atoms with Crippen LogP contribution in [0.3, 0.4) is 0 Å². The Labute approximate surface area is 162 Å². The largest absolute Gasteiger partial charge is 0.497 e. The number of hydrazone groups is 1. The van der Waals surface area contributed by atoms with Crippen LogP contribution in [0, 0.1) is 5.82 Å². The number of carbonyl (C=O) groups is 1. The third-order valence-corrected chi connectivity index (χ3v) is 3.93. The van der Waals surface area contributed by atoms with Crippen LogP contribution in [0.25, 0.3) is 0 Å². The van der Waals surface area contributed by atoms with Gasteiger partial charge in [-0.3, -0.25) is 4.79 Å². The van der Waals surface area contributed by atoms with Gasteiger partial charge in [-0.05, 0) is 71.8 Å². The molecule has 0 aromatic heterocycles. The lowest BCUT2D eigenvalue weighted by Gasteiger charge is -2.06. The first-order valence-electron chi connectivity index (χ1n) is 8.59. The first-order valence-corrected chi connectivity index (χ1v) is 8.59. The van der Waals surface area contributed by atoms with Crippen molar-refractivity contribution in [3.63, 3.8) is 0 Å². The molecule has 28 heavy (non-hydrogen) atoms. The van der Waals surface area contributed by atoms with E-state index in [2.05, 4.69) is 10.5 Å². The summed E-state index contributed by atoms with van der Waals surface area (Å²) in [6.07, 6.45) is 1.55. The minimum Gasteiger partial charge on any atom is -0.497 e. The van der Waals surface area contributed by atoms with Crippen molar-refractivity contribution in [2.75, 3.05) is 7.11 Å². The standard InChI is InChI=1S/C22H19FN2O3/c1-27-20-12-6-18(7-13-20)22(26)25-24-14-16-4-10-21(11-5-16)28-15-17-2-8-19(23)9-3-17/h2-14H,15H2,1H3,(H,25,26)/b24-14-. The van der Waals surface area contributed by atoms with Crippen LogP contribution >= 0.6 is 0 Å². The molecule has 0 atom stereocenters. The normalized spacial score (nSPS) is 10.6. The van der Waals surface area contributed by atoms with Crippen LogP contribution in [0.5, 0.6) is 11.5 Å². The molecule has 0 aliphatic heterocycles. The van der Waals surface area contributed by atoms with E-state index in [0.717, 1.165) is 11.1 Å². The molecule has 0 heterocycles. The summed E-state index contributed by atoms with van der Waals surface area (Å²) in [4.78, 5) is 12.0. The van der Waals surface area contributed by atoms with Crippen molar-refractivity contribution in [1.82, 2.24) is 5.43 Å². The molecule has 0 fully saturated rings. The average Bonchev–Trinajstić information content (AvgIpc) is 2.74. The SMILES string of the molecule is COc1ccc(C(=O)N/N=C\c2ccc(OCc3ccc(F)cc3)cc2)cc1. The summed E-state index contributed by atoms with van der Waals surface area (Å²) in [5, 5.41) is 3.96. The molecule has 0 spiro atoms. The highest BCUT2D eigenvalue weighted by Crippen LogP contribution is 2.14. The van der Waals surface area contributed by atoms with E-state index in [4.69, 9.17) is 9.47 Å². The van der Waals surface area contributed by atoms with Crippen LogP contribution in [0.1, 0.15) is 21.5 Å². The summed E-state index contributed by atoms with van der Waals surface area (Å²) in [7, 11) is 1.57. The highest BCUT2D eigenvalue weighted by Gasteiger charge is 2.04. The first kappa shape index (κ1) is 19.1.